The number of rotatable bonds is 5. The van der Waals surface area contributed by atoms with Gasteiger partial charge < -0.3 is 30.8 Å². The molecule has 1 aromatic rings. The Bertz CT molecular complexity index is 867. The molecule has 9 nitrogen and oxygen atoms in total. The minimum atomic E-state index is -1.58. The molecular formula is C18H27N6O3S+. The number of ether oxygens (including phenoxy) is 2. The average molecular weight is 408 g/mol. The molecule has 0 amide bonds. The van der Waals surface area contributed by atoms with Gasteiger partial charge >= 0.3 is 0 Å². The summed E-state index contributed by atoms with van der Waals surface area (Å²) in [4.78, 5) is 11.7. The number of hydrogen-bond donors (Lipinski definition) is 3. The van der Waals surface area contributed by atoms with E-state index in [1.807, 2.05) is 13.8 Å². The van der Waals surface area contributed by atoms with E-state index in [2.05, 4.69) is 15.2 Å². The maximum absolute atomic E-state index is 12.5. The SMILES string of the molecule is C[SH+](=O)C(C)(C)c1nc(NC(C=N)=CN)nc2c1OCC1COCC3(CC3)N21. The zero-order valence-corrected chi connectivity index (χ0v) is 17.3. The van der Waals surface area contributed by atoms with Crippen LogP contribution in [0.3, 0.4) is 0 Å². The van der Waals surface area contributed by atoms with Crippen molar-refractivity contribution in [3.8, 4) is 5.75 Å². The van der Waals surface area contributed by atoms with Crippen LogP contribution in [0.2, 0.25) is 0 Å². The standard InChI is InChI=1S/C18H26N6O3S/c1-17(2,28(3)25)14-13-15(23-16(22-14)21-11(6-19)7-20)24-12(9-27-13)8-26-10-18(24)4-5-18/h6-7,12,19H,4-5,8-10,20H2,1-3H3,(H,21,22,23)/p+1. The highest BCUT2D eigenvalue weighted by molar-refractivity contribution is 7.85. The Morgan fingerprint density at radius 2 is 2.18 bits per heavy atom. The van der Waals surface area contributed by atoms with Crippen molar-refractivity contribution in [1.82, 2.24) is 9.97 Å². The molecule has 3 aliphatic rings. The van der Waals surface area contributed by atoms with Gasteiger partial charge in [-0.3, -0.25) is 0 Å². The first kappa shape index (κ1) is 19.1. The second-order valence-electron chi connectivity index (χ2n) is 8.07. The third-order valence-corrected chi connectivity index (χ3v) is 7.62. The molecule has 3 heterocycles. The molecule has 1 saturated carbocycles. The lowest BCUT2D eigenvalue weighted by atomic mass is 10.0. The van der Waals surface area contributed by atoms with Crippen LogP contribution in [0.15, 0.2) is 11.9 Å². The number of allylic oxidation sites excluding steroid dienone is 1. The van der Waals surface area contributed by atoms with Gasteiger partial charge in [-0.05, 0) is 26.7 Å². The number of hydrogen-bond acceptors (Lipinski definition) is 9. The van der Waals surface area contributed by atoms with Crippen LogP contribution in [0.1, 0.15) is 32.4 Å². The lowest BCUT2D eigenvalue weighted by molar-refractivity contribution is 0.0370. The molecule has 1 saturated heterocycles. The molecule has 28 heavy (non-hydrogen) atoms. The predicted octanol–water partition coefficient (Wildman–Crippen LogP) is 1.03. The van der Waals surface area contributed by atoms with Crippen LogP contribution in [0, 0.1) is 5.41 Å². The highest BCUT2D eigenvalue weighted by Crippen LogP contribution is 2.52. The first-order valence-corrected chi connectivity index (χ1v) is 11.1. The fourth-order valence-corrected chi connectivity index (χ4v) is 4.20. The van der Waals surface area contributed by atoms with E-state index in [-0.39, 0.29) is 11.6 Å². The Hall–Kier alpha value is -2.20. The van der Waals surface area contributed by atoms with Crippen LogP contribution in [0.4, 0.5) is 11.8 Å². The maximum Gasteiger partial charge on any atom is 0.229 e. The number of nitrogens with two attached hydrogens (primary N) is 1. The maximum atomic E-state index is 12.5. The van der Waals surface area contributed by atoms with Gasteiger partial charge in [0.2, 0.25) is 5.95 Å². The van der Waals surface area contributed by atoms with Gasteiger partial charge in [0.15, 0.2) is 16.3 Å². The first-order valence-electron chi connectivity index (χ1n) is 9.35. The van der Waals surface area contributed by atoms with Crippen molar-refractivity contribution in [3.63, 3.8) is 0 Å². The molecule has 1 aliphatic carbocycles. The molecular weight excluding hydrogens is 380 g/mol. The van der Waals surface area contributed by atoms with E-state index in [0.29, 0.717) is 48.7 Å². The largest absolute Gasteiger partial charge is 0.485 e. The van der Waals surface area contributed by atoms with Crippen LogP contribution in [0.25, 0.3) is 0 Å². The minimum Gasteiger partial charge on any atom is -0.485 e. The van der Waals surface area contributed by atoms with E-state index >= 15 is 0 Å². The van der Waals surface area contributed by atoms with Crippen molar-refractivity contribution in [2.24, 2.45) is 5.73 Å². The molecule has 0 bridgehead atoms. The van der Waals surface area contributed by atoms with Gasteiger partial charge in [0.25, 0.3) is 0 Å². The van der Waals surface area contributed by atoms with Crippen molar-refractivity contribution in [3.05, 3.63) is 17.6 Å². The third kappa shape index (κ3) is 2.95. The van der Waals surface area contributed by atoms with Crippen molar-refractivity contribution in [1.29, 1.82) is 5.41 Å². The van der Waals surface area contributed by atoms with Crippen molar-refractivity contribution >= 4 is 28.8 Å². The monoisotopic (exact) mass is 407 g/mol. The highest BCUT2D eigenvalue weighted by atomic mass is 32.2. The number of nitrogens with zero attached hydrogens (tertiary/aromatic N) is 3. The number of morpholine rings is 1. The average Bonchev–Trinajstić information content (AvgIpc) is 3.44. The molecule has 2 atom stereocenters. The van der Waals surface area contributed by atoms with Gasteiger partial charge in [-0.2, -0.15) is 4.98 Å². The minimum absolute atomic E-state index is 0.0447. The summed E-state index contributed by atoms with van der Waals surface area (Å²) >= 11 is 0. The molecule has 10 heteroatoms. The van der Waals surface area contributed by atoms with Gasteiger partial charge in [-0.1, -0.05) is 0 Å². The Labute approximate surface area is 166 Å². The Balaban J connectivity index is 1.88. The van der Waals surface area contributed by atoms with E-state index in [1.54, 1.807) is 6.26 Å². The summed E-state index contributed by atoms with van der Waals surface area (Å²) < 4.78 is 23.7. The van der Waals surface area contributed by atoms with E-state index in [1.165, 1.54) is 6.20 Å². The Morgan fingerprint density at radius 3 is 2.79 bits per heavy atom. The van der Waals surface area contributed by atoms with E-state index < -0.39 is 15.5 Å². The summed E-state index contributed by atoms with van der Waals surface area (Å²) in [5.74, 6) is 1.61. The van der Waals surface area contributed by atoms with Crippen LogP contribution >= 0.6 is 0 Å². The fraction of sp³-hybridized carbons (Fsp3) is 0.611. The Morgan fingerprint density at radius 1 is 1.43 bits per heavy atom. The molecule has 2 unspecified atom stereocenters. The molecule has 2 fully saturated rings. The molecule has 1 spiro atoms. The van der Waals surface area contributed by atoms with Crippen LogP contribution in [-0.4, -0.2) is 53.8 Å². The second kappa shape index (κ2) is 6.70. The summed E-state index contributed by atoms with van der Waals surface area (Å²) in [6.07, 6.45) is 6.18. The van der Waals surface area contributed by atoms with Gasteiger partial charge in [0, 0.05) is 12.4 Å². The number of aromatic nitrogens is 2. The van der Waals surface area contributed by atoms with E-state index in [0.717, 1.165) is 19.1 Å². The lowest BCUT2D eigenvalue weighted by Crippen LogP contribution is -2.59. The zero-order chi connectivity index (χ0) is 20.1. The summed E-state index contributed by atoms with van der Waals surface area (Å²) in [6, 6.07) is 0.0881. The Kier molecular flexibility index (Phi) is 4.58. The van der Waals surface area contributed by atoms with Crippen molar-refractivity contribution < 1.29 is 13.7 Å². The smallest absolute Gasteiger partial charge is 0.229 e. The van der Waals surface area contributed by atoms with Gasteiger partial charge in [0.1, 0.15) is 18.6 Å². The van der Waals surface area contributed by atoms with Crippen LogP contribution in [0.5, 0.6) is 5.75 Å². The second-order valence-corrected chi connectivity index (χ2v) is 10.2. The topological polar surface area (TPSA) is 126 Å². The normalized spacial score (nSPS) is 24.0. The quantitative estimate of drug-likeness (QED) is 0.375. The van der Waals surface area contributed by atoms with E-state index in [9.17, 15) is 4.21 Å². The number of nitrogens with one attached hydrogen (secondary N) is 2. The third-order valence-electron chi connectivity index (χ3n) is 5.84. The summed E-state index contributed by atoms with van der Waals surface area (Å²) in [6.45, 7) is 5.54. The molecule has 2 aliphatic heterocycles. The molecule has 152 valence electrons. The molecule has 0 aromatic carbocycles. The lowest BCUT2D eigenvalue weighted by Gasteiger charge is -2.46. The van der Waals surface area contributed by atoms with Gasteiger partial charge in [-0.25, -0.2) is 4.98 Å². The number of anilines is 2. The highest BCUT2D eigenvalue weighted by Gasteiger charge is 2.56. The molecule has 0 radical (unpaired) electrons. The van der Waals surface area contributed by atoms with Crippen LogP contribution in [-0.2, 0) is 24.5 Å². The van der Waals surface area contributed by atoms with Crippen molar-refractivity contribution in [2.75, 3.05) is 36.3 Å². The van der Waals surface area contributed by atoms with Gasteiger partial charge in [-0.15, -0.1) is 4.21 Å². The van der Waals surface area contributed by atoms with E-state index in [4.69, 9.17) is 25.6 Å². The van der Waals surface area contributed by atoms with Crippen molar-refractivity contribution in [2.45, 2.75) is 43.0 Å². The molecule has 4 N–H and O–H groups in total. The molecule has 1 aromatic heterocycles. The fourth-order valence-electron chi connectivity index (χ4n) is 3.76. The number of fused-ring (bicyclic) bond motifs is 4. The first-order chi connectivity index (χ1) is 13.3. The molecule has 4 rings (SSSR count). The summed E-state index contributed by atoms with van der Waals surface area (Å²) in [5.41, 5.74) is 6.50. The number of thiol groups is 1. The predicted molar refractivity (Wildman–Crippen MR) is 110 cm³/mol. The van der Waals surface area contributed by atoms with Crippen LogP contribution < -0.4 is 20.7 Å². The zero-order valence-electron chi connectivity index (χ0n) is 16.4. The summed E-state index contributed by atoms with van der Waals surface area (Å²) in [5, 5.41) is 10.5. The summed E-state index contributed by atoms with van der Waals surface area (Å²) in [7, 11) is -1.58. The van der Waals surface area contributed by atoms with Gasteiger partial charge in [0.05, 0.1) is 41.3 Å².